The highest BCUT2D eigenvalue weighted by atomic mass is 16.2. The summed E-state index contributed by atoms with van der Waals surface area (Å²) in [5, 5.41) is 2.75. The standard InChI is InChI=1S/C16H23N5O2/c1-2-4-19-15(22)12-20-6-8-21(9-7-20)16(23)13-3-5-18-14(10-13)11-17/h2-3,5,10H,1,4,6-9,11-12,17H2,(H,19,22). The Balaban J connectivity index is 1.84. The van der Waals surface area contributed by atoms with Crippen molar-refractivity contribution >= 4 is 11.8 Å². The van der Waals surface area contributed by atoms with Crippen LogP contribution in [0.3, 0.4) is 0 Å². The summed E-state index contributed by atoms with van der Waals surface area (Å²) >= 11 is 0. The number of carbonyl (C=O) groups excluding carboxylic acids is 2. The number of hydrogen-bond acceptors (Lipinski definition) is 5. The molecule has 124 valence electrons. The summed E-state index contributed by atoms with van der Waals surface area (Å²) in [5.41, 5.74) is 6.87. The van der Waals surface area contributed by atoms with Crippen LogP contribution in [0.1, 0.15) is 16.1 Å². The van der Waals surface area contributed by atoms with E-state index in [-0.39, 0.29) is 11.8 Å². The number of piperazine rings is 1. The van der Waals surface area contributed by atoms with Crippen molar-refractivity contribution in [2.75, 3.05) is 39.3 Å². The van der Waals surface area contributed by atoms with E-state index in [4.69, 9.17) is 5.73 Å². The van der Waals surface area contributed by atoms with Gasteiger partial charge >= 0.3 is 0 Å². The zero-order valence-electron chi connectivity index (χ0n) is 13.2. The van der Waals surface area contributed by atoms with Gasteiger partial charge in [-0.05, 0) is 12.1 Å². The molecule has 0 spiro atoms. The summed E-state index contributed by atoms with van der Waals surface area (Å²) in [6.07, 6.45) is 3.26. The van der Waals surface area contributed by atoms with E-state index in [0.29, 0.717) is 57.1 Å². The van der Waals surface area contributed by atoms with Crippen molar-refractivity contribution in [2.45, 2.75) is 6.54 Å². The lowest BCUT2D eigenvalue weighted by atomic mass is 10.2. The minimum atomic E-state index is -0.0219. The van der Waals surface area contributed by atoms with Crippen molar-refractivity contribution in [1.29, 1.82) is 0 Å². The van der Waals surface area contributed by atoms with Gasteiger partial charge < -0.3 is 16.0 Å². The second-order valence-electron chi connectivity index (χ2n) is 5.40. The van der Waals surface area contributed by atoms with Crippen LogP contribution in [-0.2, 0) is 11.3 Å². The van der Waals surface area contributed by atoms with E-state index in [1.807, 2.05) is 4.90 Å². The first-order valence-corrected chi connectivity index (χ1v) is 7.68. The molecule has 1 saturated heterocycles. The van der Waals surface area contributed by atoms with Crippen molar-refractivity contribution in [1.82, 2.24) is 20.1 Å². The maximum atomic E-state index is 12.5. The lowest BCUT2D eigenvalue weighted by Gasteiger charge is -2.34. The molecule has 1 aromatic rings. The first-order chi connectivity index (χ1) is 11.1. The fourth-order valence-corrected chi connectivity index (χ4v) is 2.46. The molecule has 0 saturated carbocycles. The van der Waals surface area contributed by atoms with Gasteiger partial charge in [-0.25, -0.2) is 0 Å². The number of nitrogens with one attached hydrogen (secondary N) is 1. The average Bonchev–Trinajstić information content (AvgIpc) is 2.60. The molecule has 2 heterocycles. The highest BCUT2D eigenvalue weighted by Crippen LogP contribution is 2.09. The van der Waals surface area contributed by atoms with E-state index in [1.165, 1.54) is 0 Å². The molecule has 7 nitrogen and oxygen atoms in total. The first kappa shape index (κ1) is 17.1. The summed E-state index contributed by atoms with van der Waals surface area (Å²) in [6.45, 7) is 7.28. The molecule has 0 aromatic carbocycles. The quantitative estimate of drug-likeness (QED) is 0.697. The number of carbonyl (C=O) groups is 2. The predicted molar refractivity (Wildman–Crippen MR) is 87.7 cm³/mol. The van der Waals surface area contributed by atoms with Gasteiger partial charge in [-0.1, -0.05) is 6.08 Å². The lowest BCUT2D eigenvalue weighted by molar-refractivity contribution is -0.122. The lowest BCUT2D eigenvalue weighted by Crippen LogP contribution is -2.51. The fourth-order valence-electron chi connectivity index (χ4n) is 2.46. The third-order valence-electron chi connectivity index (χ3n) is 3.74. The van der Waals surface area contributed by atoms with Gasteiger partial charge in [-0.15, -0.1) is 6.58 Å². The zero-order chi connectivity index (χ0) is 16.7. The summed E-state index contributed by atoms with van der Waals surface area (Å²) in [6, 6.07) is 3.44. The van der Waals surface area contributed by atoms with Gasteiger partial charge in [-0.3, -0.25) is 19.5 Å². The first-order valence-electron chi connectivity index (χ1n) is 7.68. The molecule has 0 atom stereocenters. The number of hydrogen-bond donors (Lipinski definition) is 2. The van der Waals surface area contributed by atoms with Crippen LogP contribution >= 0.6 is 0 Å². The largest absolute Gasteiger partial charge is 0.352 e. The van der Waals surface area contributed by atoms with Gasteiger partial charge in [-0.2, -0.15) is 0 Å². The summed E-state index contributed by atoms with van der Waals surface area (Å²) in [4.78, 5) is 32.1. The maximum Gasteiger partial charge on any atom is 0.254 e. The van der Waals surface area contributed by atoms with Crippen molar-refractivity contribution in [3.05, 3.63) is 42.2 Å². The Bertz CT molecular complexity index is 567. The van der Waals surface area contributed by atoms with Crippen LogP contribution in [0, 0.1) is 0 Å². The van der Waals surface area contributed by atoms with Gasteiger partial charge in [0.1, 0.15) is 0 Å². The second kappa shape index (κ2) is 8.40. The van der Waals surface area contributed by atoms with Gasteiger partial charge in [0.05, 0.1) is 12.2 Å². The number of nitrogens with zero attached hydrogens (tertiary/aromatic N) is 3. The monoisotopic (exact) mass is 317 g/mol. The number of nitrogens with two attached hydrogens (primary N) is 1. The molecule has 0 unspecified atom stereocenters. The van der Waals surface area contributed by atoms with Crippen LogP contribution in [0.15, 0.2) is 31.0 Å². The topological polar surface area (TPSA) is 91.6 Å². The summed E-state index contributed by atoms with van der Waals surface area (Å²) in [5.74, 6) is -0.0377. The summed E-state index contributed by atoms with van der Waals surface area (Å²) in [7, 11) is 0. The molecule has 1 aliphatic heterocycles. The predicted octanol–water partition coefficient (Wildman–Crippen LogP) is -0.400. The Kier molecular flexibility index (Phi) is 6.25. The van der Waals surface area contributed by atoms with Crippen LogP contribution in [-0.4, -0.2) is 65.9 Å². The molecule has 3 N–H and O–H groups in total. The van der Waals surface area contributed by atoms with Gasteiger partial charge in [0.15, 0.2) is 0 Å². The third kappa shape index (κ3) is 4.87. The minimum Gasteiger partial charge on any atom is -0.352 e. The van der Waals surface area contributed by atoms with Crippen molar-refractivity contribution in [2.24, 2.45) is 5.73 Å². The van der Waals surface area contributed by atoms with E-state index >= 15 is 0 Å². The van der Waals surface area contributed by atoms with E-state index in [1.54, 1.807) is 29.3 Å². The van der Waals surface area contributed by atoms with Crippen molar-refractivity contribution < 1.29 is 9.59 Å². The molecule has 7 heteroatoms. The molecule has 2 amide bonds. The average molecular weight is 317 g/mol. The minimum absolute atomic E-state index is 0.0159. The molecule has 1 aliphatic rings. The Morgan fingerprint density at radius 3 is 2.74 bits per heavy atom. The molecule has 2 rings (SSSR count). The molecule has 1 aromatic heterocycles. The maximum absolute atomic E-state index is 12.5. The Morgan fingerprint density at radius 2 is 2.09 bits per heavy atom. The molecule has 0 bridgehead atoms. The van der Waals surface area contributed by atoms with Crippen LogP contribution in [0.2, 0.25) is 0 Å². The Labute approximate surface area is 136 Å². The van der Waals surface area contributed by atoms with E-state index < -0.39 is 0 Å². The Morgan fingerprint density at radius 1 is 1.35 bits per heavy atom. The smallest absolute Gasteiger partial charge is 0.254 e. The number of rotatable bonds is 6. The van der Waals surface area contributed by atoms with Gasteiger partial charge in [0, 0.05) is 51.0 Å². The molecule has 1 fully saturated rings. The number of aromatic nitrogens is 1. The van der Waals surface area contributed by atoms with Crippen LogP contribution in [0.25, 0.3) is 0 Å². The summed E-state index contributed by atoms with van der Waals surface area (Å²) < 4.78 is 0. The fraction of sp³-hybridized carbons (Fsp3) is 0.438. The third-order valence-corrected chi connectivity index (χ3v) is 3.74. The molecular weight excluding hydrogens is 294 g/mol. The zero-order valence-corrected chi connectivity index (χ0v) is 13.2. The second-order valence-corrected chi connectivity index (χ2v) is 5.40. The van der Waals surface area contributed by atoms with E-state index in [0.717, 1.165) is 0 Å². The SMILES string of the molecule is C=CCNC(=O)CN1CCN(C(=O)c2ccnc(CN)c2)CC1. The van der Waals surface area contributed by atoms with Crippen molar-refractivity contribution in [3.8, 4) is 0 Å². The molecule has 23 heavy (non-hydrogen) atoms. The highest BCUT2D eigenvalue weighted by Gasteiger charge is 2.23. The van der Waals surface area contributed by atoms with E-state index in [2.05, 4.69) is 16.9 Å². The number of amides is 2. The van der Waals surface area contributed by atoms with Crippen LogP contribution in [0.4, 0.5) is 0 Å². The highest BCUT2D eigenvalue weighted by molar-refractivity contribution is 5.94. The van der Waals surface area contributed by atoms with Gasteiger partial charge in [0.2, 0.25) is 5.91 Å². The normalized spacial score (nSPS) is 15.3. The molecule has 0 radical (unpaired) electrons. The Hall–Kier alpha value is -2.25. The van der Waals surface area contributed by atoms with E-state index in [9.17, 15) is 9.59 Å². The van der Waals surface area contributed by atoms with Crippen LogP contribution in [0.5, 0.6) is 0 Å². The number of pyridine rings is 1. The van der Waals surface area contributed by atoms with Crippen molar-refractivity contribution in [3.63, 3.8) is 0 Å². The molecular formula is C16H23N5O2. The molecule has 0 aliphatic carbocycles. The van der Waals surface area contributed by atoms with Crippen LogP contribution < -0.4 is 11.1 Å². The van der Waals surface area contributed by atoms with Gasteiger partial charge in [0.25, 0.3) is 5.91 Å².